The molecular formula is C21H19BrClFN4O3. The zero-order valence-corrected chi connectivity index (χ0v) is 18.9. The maximum absolute atomic E-state index is 13.6. The number of nitrogens with zero attached hydrogens (tertiary/aromatic N) is 3. The monoisotopic (exact) mass is 508 g/mol. The van der Waals surface area contributed by atoms with Gasteiger partial charge in [-0.15, -0.1) is 0 Å². The second kappa shape index (κ2) is 10.6. The number of nitrogens with one attached hydrogen (secondary N) is 1. The van der Waals surface area contributed by atoms with Crippen molar-refractivity contribution in [2.24, 2.45) is 0 Å². The van der Waals surface area contributed by atoms with Crippen molar-refractivity contribution in [3.05, 3.63) is 69.5 Å². The number of hydrogen-bond donors (Lipinski definition) is 1. The standard InChI is InChI=1S/C21H19BrClFN4O3/c1-14(30)27(26-12-16-3-2-4-19(24)21(16)23)7-8-31-28(13-29)20-10-17-9-18(22)6-5-15(17)11-25-20/h2-6,9-11,13,26H,7-8,12H2,1H3. The van der Waals surface area contributed by atoms with Gasteiger partial charge in [-0.05, 0) is 35.2 Å². The lowest BCUT2D eigenvalue weighted by Crippen LogP contribution is -2.44. The Bertz CT molecular complexity index is 1100. The van der Waals surface area contributed by atoms with E-state index < -0.39 is 5.82 Å². The summed E-state index contributed by atoms with van der Waals surface area (Å²) in [5.41, 5.74) is 3.40. The molecule has 3 rings (SSSR count). The third-order valence-electron chi connectivity index (χ3n) is 4.41. The number of amides is 2. The predicted molar refractivity (Wildman–Crippen MR) is 120 cm³/mol. The molecule has 162 valence electrons. The second-order valence-corrected chi connectivity index (χ2v) is 7.81. The molecule has 10 heteroatoms. The van der Waals surface area contributed by atoms with Crippen molar-refractivity contribution in [2.75, 3.05) is 18.2 Å². The molecule has 0 aliphatic heterocycles. The lowest BCUT2D eigenvalue weighted by Gasteiger charge is -2.24. The first-order valence-electron chi connectivity index (χ1n) is 9.26. The number of benzene rings is 2. The third kappa shape index (κ3) is 5.98. The van der Waals surface area contributed by atoms with Crippen molar-refractivity contribution in [1.82, 2.24) is 15.4 Å². The lowest BCUT2D eigenvalue weighted by molar-refractivity contribution is -0.133. The van der Waals surface area contributed by atoms with E-state index in [9.17, 15) is 14.0 Å². The minimum absolute atomic E-state index is 0.00380. The lowest BCUT2D eigenvalue weighted by atomic mass is 10.2. The number of halogens is 3. The van der Waals surface area contributed by atoms with Crippen LogP contribution in [0.1, 0.15) is 12.5 Å². The molecule has 0 unspecified atom stereocenters. The van der Waals surface area contributed by atoms with Crippen molar-refractivity contribution in [2.45, 2.75) is 13.5 Å². The van der Waals surface area contributed by atoms with Gasteiger partial charge in [0.15, 0.2) is 5.82 Å². The van der Waals surface area contributed by atoms with Crippen molar-refractivity contribution >= 4 is 56.4 Å². The average Bonchev–Trinajstić information content (AvgIpc) is 2.75. The maximum atomic E-state index is 13.6. The van der Waals surface area contributed by atoms with Crippen LogP contribution in [-0.4, -0.2) is 35.5 Å². The Morgan fingerprint density at radius 3 is 2.84 bits per heavy atom. The van der Waals surface area contributed by atoms with Gasteiger partial charge >= 0.3 is 0 Å². The Morgan fingerprint density at radius 2 is 2.10 bits per heavy atom. The van der Waals surface area contributed by atoms with Crippen LogP contribution in [0.25, 0.3) is 10.8 Å². The molecular weight excluding hydrogens is 491 g/mol. The fourth-order valence-electron chi connectivity index (χ4n) is 2.82. The van der Waals surface area contributed by atoms with Gasteiger partial charge in [0.25, 0.3) is 0 Å². The molecule has 0 aliphatic rings. The summed E-state index contributed by atoms with van der Waals surface area (Å²) in [7, 11) is 0. The number of rotatable bonds is 9. The summed E-state index contributed by atoms with van der Waals surface area (Å²) in [6, 6.07) is 11.9. The quantitative estimate of drug-likeness (QED) is 0.345. The summed E-state index contributed by atoms with van der Waals surface area (Å²) in [5.74, 6) is -0.493. The van der Waals surface area contributed by atoms with Crippen molar-refractivity contribution < 1.29 is 18.8 Å². The van der Waals surface area contributed by atoms with Crippen LogP contribution in [0.15, 0.2) is 53.1 Å². The highest BCUT2D eigenvalue weighted by Crippen LogP contribution is 2.23. The molecule has 1 N–H and O–H groups in total. The Hall–Kier alpha value is -2.59. The average molecular weight is 510 g/mol. The number of anilines is 1. The molecule has 0 radical (unpaired) electrons. The fourth-order valence-corrected chi connectivity index (χ4v) is 3.39. The fraction of sp³-hybridized carbons (Fsp3) is 0.190. The number of carbonyl (C=O) groups is 2. The van der Waals surface area contributed by atoms with Gasteiger partial charge in [0.1, 0.15) is 5.82 Å². The summed E-state index contributed by atoms with van der Waals surface area (Å²) in [6.45, 7) is 1.67. The largest absolute Gasteiger partial charge is 0.276 e. The third-order valence-corrected chi connectivity index (χ3v) is 5.32. The summed E-state index contributed by atoms with van der Waals surface area (Å²) >= 11 is 9.36. The first kappa shape index (κ1) is 23.1. The van der Waals surface area contributed by atoms with Gasteiger partial charge in [0.05, 0.1) is 18.2 Å². The maximum Gasteiger partial charge on any atom is 0.239 e. The number of hydroxylamine groups is 1. The van der Waals surface area contributed by atoms with E-state index in [1.54, 1.807) is 18.3 Å². The predicted octanol–water partition coefficient (Wildman–Crippen LogP) is 4.24. The number of carbonyl (C=O) groups excluding carboxylic acids is 2. The minimum atomic E-state index is -0.532. The Morgan fingerprint density at radius 1 is 1.29 bits per heavy atom. The zero-order valence-electron chi connectivity index (χ0n) is 16.5. The van der Waals surface area contributed by atoms with Gasteiger partial charge in [0, 0.05) is 29.5 Å². The molecule has 0 saturated heterocycles. The molecule has 2 amide bonds. The molecule has 0 aliphatic carbocycles. The number of hydrazine groups is 1. The van der Waals surface area contributed by atoms with E-state index >= 15 is 0 Å². The highest BCUT2D eigenvalue weighted by atomic mass is 79.9. The molecule has 0 atom stereocenters. The van der Waals surface area contributed by atoms with E-state index in [0.29, 0.717) is 17.8 Å². The highest BCUT2D eigenvalue weighted by molar-refractivity contribution is 9.10. The molecule has 0 bridgehead atoms. The van der Waals surface area contributed by atoms with Crippen LogP contribution in [0.3, 0.4) is 0 Å². The molecule has 0 saturated carbocycles. The minimum Gasteiger partial charge on any atom is -0.276 e. The SMILES string of the molecule is CC(=O)N(CCON(C=O)c1cc2cc(Br)ccc2cn1)NCc1cccc(F)c1Cl. The van der Waals surface area contributed by atoms with Gasteiger partial charge in [-0.2, -0.15) is 5.06 Å². The van der Waals surface area contributed by atoms with Crippen molar-refractivity contribution in [3.63, 3.8) is 0 Å². The summed E-state index contributed by atoms with van der Waals surface area (Å²) < 4.78 is 14.5. The number of aromatic nitrogens is 1. The van der Waals surface area contributed by atoms with Gasteiger partial charge in [-0.3, -0.25) is 19.4 Å². The first-order valence-corrected chi connectivity index (χ1v) is 10.4. The van der Waals surface area contributed by atoms with Crippen LogP contribution in [-0.2, 0) is 21.0 Å². The van der Waals surface area contributed by atoms with E-state index in [1.807, 2.05) is 18.2 Å². The molecule has 7 nitrogen and oxygen atoms in total. The second-order valence-electron chi connectivity index (χ2n) is 6.52. The molecule has 31 heavy (non-hydrogen) atoms. The van der Waals surface area contributed by atoms with Gasteiger partial charge < -0.3 is 0 Å². The Balaban J connectivity index is 1.60. The van der Waals surface area contributed by atoms with Gasteiger partial charge in [-0.1, -0.05) is 45.7 Å². The van der Waals surface area contributed by atoms with E-state index in [-0.39, 0.29) is 30.6 Å². The zero-order chi connectivity index (χ0) is 22.4. The number of pyridine rings is 1. The normalized spacial score (nSPS) is 10.8. The first-order chi connectivity index (χ1) is 14.9. The molecule has 3 aromatic rings. The molecule has 0 fully saturated rings. The summed E-state index contributed by atoms with van der Waals surface area (Å²) in [5, 5.41) is 4.10. The number of fused-ring (bicyclic) bond motifs is 1. The van der Waals surface area contributed by atoms with Crippen LogP contribution in [0.2, 0.25) is 5.02 Å². The van der Waals surface area contributed by atoms with E-state index in [2.05, 4.69) is 26.3 Å². The van der Waals surface area contributed by atoms with Crippen LogP contribution in [0.4, 0.5) is 10.2 Å². The van der Waals surface area contributed by atoms with Gasteiger partial charge in [0.2, 0.25) is 12.3 Å². The van der Waals surface area contributed by atoms with Crippen LogP contribution < -0.4 is 10.5 Å². The van der Waals surface area contributed by atoms with Crippen LogP contribution in [0, 0.1) is 5.82 Å². The highest BCUT2D eigenvalue weighted by Gasteiger charge is 2.14. The molecule has 0 spiro atoms. The molecule has 2 aromatic carbocycles. The van der Waals surface area contributed by atoms with E-state index in [4.69, 9.17) is 16.4 Å². The smallest absolute Gasteiger partial charge is 0.239 e. The van der Waals surface area contributed by atoms with Gasteiger partial charge in [-0.25, -0.2) is 14.8 Å². The molecule has 1 heterocycles. The summed E-state index contributed by atoms with van der Waals surface area (Å²) in [4.78, 5) is 33.2. The van der Waals surface area contributed by atoms with Crippen molar-refractivity contribution in [1.29, 1.82) is 0 Å². The topological polar surface area (TPSA) is 74.8 Å². The number of hydrogen-bond acceptors (Lipinski definition) is 5. The Kier molecular flexibility index (Phi) is 7.91. The van der Waals surface area contributed by atoms with Crippen LogP contribution in [0.5, 0.6) is 0 Å². The Labute approximate surface area is 191 Å². The van der Waals surface area contributed by atoms with Crippen LogP contribution >= 0.6 is 27.5 Å². The molecule has 1 aromatic heterocycles. The van der Waals surface area contributed by atoms with E-state index in [1.165, 1.54) is 24.1 Å². The van der Waals surface area contributed by atoms with E-state index in [0.717, 1.165) is 20.3 Å². The summed E-state index contributed by atoms with van der Waals surface area (Å²) in [6.07, 6.45) is 2.15. The van der Waals surface area contributed by atoms with Crippen molar-refractivity contribution in [3.8, 4) is 0 Å².